The van der Waals surface area contributed by atoms with Crippen molar-refractivity contribution in [2.24, 2.45) is 0 Å². The quantitative estimate of drug-likeness (QED) is 0.402. The normalized spacial score (nSPS) is 13.2. The van der Waals surface area contributed by atoms with E-state index in [4.69, 9.17) is 23.2 Å². The van der Waals surface area contributed by atoms with E-state index in [1.54, 1.807) is 41.0 Å². The van der Waals surface area contributed by atoms with Gasteiger partial charge in [-0.15, -0.1) is 0 Å². The number of hydrogen-bond acceptors (Lipinski definition) is 5. The number of nitrogens with zero attached hydrogens (tertiary/aromatic N) is 3. The van der Waals surface area contributed by atoms with Gasteiger partial charge in [-0.25, -0.2) is 9.97 Å². The first-order valence-corrected chi connectivity index (χ1v) is 11.0. The van der Waals surface area contributed by atoms with Crippen LogP contribution in [0.1, 0.15) is 45.1 Å². The molecule has 4 rings (SSSR count). The predicted molar refractivity (Wildman–Crippen MR) is 114 cm³/mol. The number of pyridine rings is 1. The van der Waals surface area contributed by atoms with E-state index in [1.165, 1.54) is 18.0 Å². The van der Waals surface area contributed by atoms with E-state index >= 15 is 0 Å². The third-order valence-corrected chi connectivity index (χ3v) is 6.16. The van der Waals surface area contributed by atoms with Gasteiger partial charge < -0.3 is 0 Å². The Morgan fingerprint density at radius 3 is 2.45 bits per heavy atom. The summed E-state index contributed by atoms with van der Waals surface area (Å²) in [6, 6.07) is 10.0. The molecule has 0 atom stereocenters. The van der Waals surface area contributed by atoms with Gasteiger partial charge in [-0.1, -0.05) is 35.0 Å². The van der Waals surface area contributed by atoms with Crippen LogP contribution in [0.5, 0.6) is 0 Å². The van der Waals surface area contributed by atoms with Crippen molar-refractivity contribution in [1.82, 2.24) is 14.5 Å². The highest BCUT2D eigenvalue weighted by atomic mass is 35.5. The van der Waals surface area contributed by atoms with Crippen LogP contribution in [0.4, 0.5) is 0 Å². The number of aryl methyl sites for hydroxylation is 1. The van der Waals surface area contributed by atoms with E-state index in [0.717, 1.165) is 37.1 Å². The summed E-state index contributed by atoms with van der Waals surface area (Å²) < 4.78 is 1.62. The van der Waals surface area contributed by atoms with Crippen molar-refractivity contribution in [3.05, 3.63) is 75.3 Å². The minimum absolute atomic E-state index is 0.0451. The highest BCUT2D eigenvalue weighted by molar-refractivity contribution is 7.99. The van der Waals surface area contributed by atoms with Gasteiger partial charge in [-0.2, -0.15) is 0 Å². The van der Waals surface area contributed by atoms with E-state index in [-0.39, 0.29) is 17.4 Å². The fourth-order valence-corrected chi connectivity index (χ4v) is 4.45. The molecule has 0 bridgehead atoms. The minimum atomic E-state index is -0.251. The molecule has 1 aliphatic rings. The minimum Gasteiger partial charge on any atom is -0.293 e. The molecular weight excluding hydrogens is 429 g/mol. The molecule has 8 heteroatoms. The molecule has 0 aliphatic heterocycles. The molecule has 0 radical (unpaired) electrons. The molecule has 0 fully saturated rings. The summed E-state index contributed by atoms with van der Waals surface area (Å²) in [5, 5.41) is 1.58. The monoisotopic (exact) mass is 445 g/mol. The number of hydrogen-bond donors (Lipinski definition) is 0. The van der Waals surface area contributed by atoms with Gasteiger partial charge in [0.15, 0.2) is 10.9 Å². The Morgan fingerprint density at radius 1 is 1.00 bits per heavy atom. The molecule has 0 N–H and O–H groups in total. The maximum atomic E-state index is 13.2. The number of rotatable bonds is 5. The highest BCUT2D eigenvalue weighted by Crippen LogP contribution is 2.29. The number of Topliss-reactive ketones (excluding diaryl/α,β-unsaturated/α-hetero) is 1. The lowest BCUT2D eigenvalue weighted by molar-refractivity contribution is 0.0939. The van der Waals surface area contributed by atoms with Crippen molar-refractivity contribution in [3.63, 3.8) is 0 Å². The molecule has 3 aromatic rings. The summed E-state index contributed by atoms with van der Waals surface area (Å²) in [6.45, 7) is 0. The largest absolute Gasteiger partial charge is 0.293 e. The number of carbonyl (C=O) groups excluding carboxylic acids is 2. The van der Waals surface area contributed by atoms with Crippen LogP contribution in [-0.2, 0) is 12.8 Å². The van der Waals surface area contributed by atoms with Gasteiger partial charge >= 0.3 is 0 Å². The average Bonchev–Trinajstić information content (AvgIpc) is 3.11. The van der Waals surface area contributed by atoms with Crippen molar-refractivity contribution < 1.29 is 9.59 Å². The zero-order chi connectivity index (χ0) is 20.4. The van der Waals surface area contributed by atoms with Crippen LogP contribution in [-0.4, -0.2) is 32.0 Å². The topological polar surface area (TPSA) is 64.8 Å². The summed E-state index contributed by atoms with van der Waals surface area (Å²) in [4.78, 5) is 34.5. The van der Waals surface area contributed by atoms with Crippen molar-refractivity contribution >= 4 is 46.7 Å². The number of fused-ring (bicyclic) bond motifs is 1. The van der Waals surface area contributed by atoms with E-state index < -0.39 is 0 Å². The third-order valence-electron chi connectivity index (χ3n) is 4.75. The van der Waals surface area contributed by atoms with Crippen molar-refractivity contribution in [2.75, 3.05) is 5.75 Å². The van der Waals surface area contributed by atoms with Gasteiger partial charge in [0.05, 0.1) is 16.5 Å². The maximum Gasteiger partial charge on any atom is 0.282 e. The van der Waals surface area contributed by atoms with Gasteiger partial charge in [0.1, 0.15) is 5.69 Å². The summed E-state index contributed by atoms with van der Waals surface area (Å²) >= 11 is 13.1. The van der Waals surface area contributed by atoms with Crippen LogP contribution in [0.3, 0.4) is 0 Å². The molecule has 0 saturated heterocycles. The summed E-state index contributed by atoms with van der Waals surface area (Å²) in [6.07, 6.45) is 5.13. The zero-order valence-corrected chi connectivity index (χ0v) is 17.7. The van der Waals surface area contributed by atoms with Gasteiger partial charge in [0.25, 0.3) is 5.91 Å². The first-order chi connectivity index (χ1) is 14.0. The first kappa shape index (κ1) is 20.1. The molecule has 0 spiro atoms. The molecule has 29 heavy (non-hydrogen) atoms. The smallest absolute Gasteiger partial charge is 0.282 e. The van der Waals surface area contributed by atoms with E-state index in [1.807, 2.05) is 0 Å². The Labute approximate surface area is 182 Å². The van der Waals surface area contributed by atoms with Gasteiger partial charge in [0, 0.05) is 22.5 Å². The second-order valence-electron chi connectivity index (χ2n) is 6.72. The Morgan fingerprint density at radius 2 is 1.72 bits per heavy atom. The number of aromatic nitrogens is 3. The summed E-state index contributed by atoms with van der Waals surface area (Å²) in [5.74, 6) is -0.117. The van der Waals surface area contributed by atoms with Gasteiger partial charge in [0.2, 0.25) is 0 Å². The van der Waals surface area contributed by atoms with Crippen LogP contribution in [0.15, 0.2) is 47.8 Å². The fourth-order valence-electron chi connectivity index (χ4n) is 3.29. The van der Waals surface area contributed by atoms with Crippen LogP contribution in [0.2, 0.25) is 10.0 Å². The van der Waals surface area contributed by atoms with Crippen LogP contribution in [0, 0.1) is 0 Å². The number of halogens is 2. The Kier molecular flexibility index (Phi) is 6.04. The molecule has 2 aromatic heterocycles. The Balaban J connectivity index is 1.61. The molecular formula is C21H17Cl2N3O2S. The van der Waals surface area contributed by atoms with Crippen molar-refractivity contribution in [3.8, 4) is 0 Å². The number of ketones is 1. The number of imidazole rings is 1. The Hall–Kier alpha value is -2.15. The fraction of sp³-hybridized carbons (Fsp3) is 0.238. The van der Waals surface area contributed by atoms with Crippen molar-refractivity contribution in [1.29, 1.82) is 0 Å². The number of benzene rings is 1. The van der Waals surface area contributed by atoms with E-state index in [9.17, 15) is 9.59 Å². The summed E-state index contributed by atoms with van der Waals surface area (Å²) in [5.41, 5.74) is 2.72. The molecule has 0 amide bonds. The van der Waals surface area contributed by atoms with Crippen molar-refractivity contribution in [2.45, 2.75) is 30.8 Å². The van der Waals surface area contributed by atoms with Gasteiger partial charge in [-0.3, -0.25) is 14.2 Å². The highest BCUT2D eigenvalue weighted by Gasteiger charge is 2.26. The molecule has 2 heterocycles. The third kappa shape index (κ3) is 4.39. The van der Waals surface area contributed by atoms with Gasteiger partial charge in [-0.05, 0) is 62.1 Å². The van der Waals surface area contributed by atoms with E-state index in [0.29, 0.717) is 26.5 Å². The average molecular weight is 446 g/mol. The Bertz CT molecular complexity index is 1060. The first-order valence-electron chi connectivity index (χ1n) is 9.21. The number of carbonyl (C=O) groups is 2. The lowest BCUT2D eigenvalue weighted by Gasteiger charge is -2.13. The second kappa shape index (κ2) is 8.69. The molecule has 0 saturated carbocycles. The molecule has 1 aromatic carbocycles. The van der Waals surface area contributed by atoms with E-state index in [2.05, 4.69) is 9.97 Å². The summed E-state index contributed by atoms with van der Waals surface area (Å²) in [7, 11) is 0. The van der Waals surface area contributed by atoms with Crippen LogP contribution >= 0.6 is 35.0 Å². The molecule has 0 unspecified atom stereocenters. The standard InChI is InChI=1S/C21H17Cl2N3O2S/c22-14-7-5-13(6-8-14)19(27)12-29-21-25-16-3-1-2-4-18(16)26(21)20(28)17-10-9-15(23)11-24-17/h5-11H,1-4,12H2. The maximum absolute atomic E-state index is 13.2. The lowest BCUT2D eigenvalue weighted by Crippen LogP contribution is -2.19. The number of thioether (sulfide) groups is 1. The van der Waals surface area contributed by atoms with Crippen LogP contribution in [0.25, 0.3) is 0 Å². The molecule has 1 aliphatic carbocycles. The molecule has 5 nitrogen and oxygen atoms in total. The zero-order valence-electron chi connectivity index (χ0n) is 15.4. The molecule has 148 valence electrons. The second-order valence-corrected chi connectivity index (χ2v) is 8.53. The SMILES string of the molecule is O=C(CSc1nc2c(n1C(=O)c1ccc(Cl)cn1)CCCC2)c1ccc(Cl)cc1. The predicted octanol–water partition coefficient (Wildman–Crippen LogP) is 5.13. The van der Waals surface area contributed by atoms with Crippen LogP contribution < -0.4 is 0 Å². The lowest BCUT2D eigenvalue weighted by atomic mass is 10.0.